The number of benzene rings is 3. The van der Waals surface area contributed by atoms with E-state index in [4.69, 9.17) is 0 Å². The van der Waals surface area contributed by atoms with Crippen LogP contribution in [0.25, 0.3) is 0 Å². The molecule has 150 valence electrons. The lowest BCUT2D eigenvalue weighted by molar-refractivity contribution is 0.0954. The summed E-state index contributed by atoms with van der Waals surface area (Å²) in [5.41, 5.74) is 2.53. The number of carbonyl (C=O) groups excluding carboxylic acids is 1. The smallest absolute Gasteiger partial charge is 0.261 e. The largest absolute Gasteiger partial charge is 0.352 e. The van der Waals surface area contributed by atoms with Crippen molar-refractivity contribution in [3.8, 4) is 0 Å². The summed E-state index contributed by atoms with van der Waals surface area (Å²) in [5.74, 6) is -0.685. The monoisotopic (exact) mass is 412 g/mol. The highest BCUT2D eigenvalue weighted by Crippen LogP contribution is 2.18. The van der Waals surface area contributed by atoms with Gasteiger partial charge >= 0.3 is 0 Å². The zero-order chi connectivity index (χ0) is 20.9. The minimum Gasteiger partial charge on any atom is -0.352 e. The van der Waals surface area contributed by atoms with Gasteiger partial charge in [-0.3, -0.25) is 9.52 Å². The highest BCUT2D eigenvalue weighted by Gasteiger charge is 2.16. The van der Waals surface area contributed by atoms with E-state index < -0.39 is 10.0 Å². The molecule has 0 saturated carbocycles. The Morgan fingerprint density at radius 3 is 2.41 bits per heavy atom. The van der Waals surface area contributed by atoms with E-state index >= 15 is 0 Å². The van der Waals surface area contributed by atoms with Crippen molar-refractivity contribution in [3.63, 3.8) is 0 Å². The molecule has 0 aliphatic heterocycles. The summed E-state index contributed by atoms with van der Waals surface area (Å²) in [4.78, 5) is 12.4. The van der Waals surface area contributed by atoms with Gasteiger partial charge in [0.2, 0.25) is 0 Å². The molecule has 3 aromatic carbocycles. The predicted octanol–water partition coefficient (Wildman–Crippen LogP) is 3.91. The Balaban J connectivity index is 1.66. The molecule has 3 aromatic rings. The summed E-state index contributed by atoms with van der Waals surface area (Å²) >= 11 is 0. The number of hydrogen-bond donors (Lipinski definition) is 2. The van der Waals surface area contributed by atoms with Gasteiger partial charge in [-0.25, -0.2) is 12.8 Å². The van der Waals surface area contributed by atoms with Gasteiger partial charge in [-0.15, -0.1) is 0 Å². The van der Waals surface area contributed by atoms with Crippen molar-refractivity contribution < 1.29 is 17.6 Å². The van der Waals surface area contributed by atoms with E-state index in [9.17, 15) is 17.6 Å². The number of nitrogens with one attached hydrogen (secondary N) is 2. The van der Waals surface area contributed by atoms with Crippen molar-refractivity contribution in [2.24, 2.45) is 0 Å². The summed E-state index contributed by atoms with van der Waals surface area (Å²) in [6, 6.07) is 18.9. The van der Waals surface area contributed by atoms with Crippen LogP contribution in [0.2, 0.25) is 0 Å². The van der Waals surface area contributed by atoms with Crippen LogP contribution in [0.15, 0.2) is 77.7 Å². The average Bonchev–Trinajstić information content (AvgIpc) is 2.69. The first kappa shape index (κ1) is 20.5. The number of halogens is 1. The molecule has 2 N–H and O–H groups in total. The first-order chi connectivity index (χ1) is 13.8. The second-order valence-corrected chi connectivity index (χ2v) is 8.32. The first-order valence-corrected chi connectivity index (χ1v) is 10.5. The van der Waals surface area contributed by atoms with Gasteiger partial charge in [-0.2, -0.15) is 0 Å². The van der Waals surface area contributed by atoms with Crippen LogP contribution in [0.5, 0.6) is 0 Å². The van der Waals surface area contributed by atoms with Crippen LogP contribution in [-0.2, 0) is 16.4 Å². The van der Waals surface area contributed by atoms with Crippen molar-refractivity contribution in [2.45, 2.75) is 18.2 Å². The molecule has 5 nitrogen and oxygen atoms in total. The van der Waals surface area contributed by atoms with Gasteiger partial charge in [0, 0.05) is 17.8 Å². The quantitative estimate of drug-likeness (QED) is 0.618. The number of sulfonamides is 1. The second kappa shape index (κ2) is 8.87. The molecule has 0 radical (unpaired) electrons. The number of rotatable bonds is 7. The van der Waals surface area contributed by atoms with Crippen LogP contribution >= 0.6 is 0 Å². The maximum atomic E-state index is 12.9. The number of aryl methyl sites for hydroxylation is 1. The third-order valence-electron chi connectivity index (χ3n) is 4.29. The number of amides is 1. The van der Waals surface area contributed by atoms with Crippen LogP contribution in [0, 0.1) is 12.7 Å². The zero-order valence-corrected chi connectivity index (χ0v) is 16.7. The third-order valence-corrected chi connectivity index (χ3v) is 5.67. The first-order valence-electron chi connectivity index (χ1n) is 9.06. The fourth-order valence-corrected chi connectivity index (χ4v) is 3.90. The zero-order valence-electron chi connectivity index (χ0n) is 15.9. The summed E-state index contributed by atoms with van der Waals surface area (Å²) in [6.07, 6.45) is 0.541. The lowest BCUT2D eigenvalue weighted by Gasteiger charge is -2.10. The van der Waals surface area contributed by atoms with Crippen molar-refractivity contribution >= 4 is 21.6 Å². The van der Waals surface area contributed by atoms with E-state index in [1.165, 1.54) is 30.3 Å². The molecule has 0 aliphatic carbocycles. The van der Waals surface area contributed by atoms with E-state index in [1.54, 1.807) is 36.4 Å². The Hall–Kier alpha value is -3.19. The van der Waals surface area contributed by atoms with Crippen molar-refractivity contribution in [1.29, 1.82) is 0 Å². The Labute approximate surface area is 169 Å². The summed E-state index contributed by atoms with van der Waals surface area (Å²) < 4.78 is 40.7. The molecular weight excluding hydrogens is 391 g/mol. The number of carbonyl (C=O) groups is 1. The Morgan fingerprint density at radius 2 is 1.69 bits per heavy atom. The highest BCUT2D eigenvalue weighted by molar-refractivity contribution is 7.92. The molecule has 0 aliphatic rings. The molecule has 3 rings (SSSR count). The van der Waals surface area contributed by atoms with E-state index in [-0.39, 0.29) is 22.2 Å². The molecule has 0 fully saturated rings. The van der Waals surface area contributed by atoms with E-state index in [0.717, 1.165) is 11.1 Å². The van der Waals surface area contributed by atoms with Gasteiger partial charge in [-0.05, 0) is 66.9 Å². The van der Waals surface area contributed by atoms with Crippen LogP contribution in [0.1, 0.15) is 21.5 Å². The van der Waals surface area contributed by atoms with Crippen molar-refractivity contribution in [1.82, 2.24) is 5.32 Å². The van der Waals surface area contributed by atoms with Crippen LogP contribution < -0.4 is 10.0 Å². The van der Waals surface area contributed by atoms with E-state index in [0.29, 0.717) is 18.7 Å². The normalized spacial score (nSPS) is 11.1. The van der Waals surface area contributed by atoms with Crippen molar-refractivity contribution in [2.75, 3.05) is 11.3 Å². The molecule has 0 bridgehead atoms. The van der Waals surface area contributed by atoms with E-state index in [1.807, 2.05) is 13.0 Å². The van der Waals surface area contributed by atoms with Crippen LogP contribution in [-0.4, -0.2) is 20.9 Å². The fraction of sp³-hybridized carbons (Fsp3) is 0.136. The molecule has 0 unspecified atom stereocenters. The van der Waals surface area contributed by atoms with Gasteiger partial charge in [0.25, 0.3) is 15.9 Å². The predicted molar refractivity (Wildman–Crippen MR) is 111 cm³/mol. The molecule has 7 heteroatoms. The van der Waals surface area contributed by atoms with Crippen LogP contribution in [0.4, 0.5) is 10.1 Å². The molecule has 0 spiro atoms. The van der Waals surface area contributed by atoms with Gasteiger partial charge in [0.15, 0.2) is 0 Å². The summed E-state index contributed by atoms with van der Waals surface area (Å²) in [6.45, 7) is 2.22. The lowest BCUT2D eigenvalue weighted by atomic mass is 10.1. The Kier molecular flexibility index (Phi) is 6.29. The Bertz CT molecular complexity index is 1110. The Morgan fingerprint density at radius 1 is 0.966 bits per heavy atom. The molecule has 0 aromatic heterocycles. The van der Waals surface area contributed by atoms with Crippen molar-refractivity contribution in [3.05, 3.63) is 95.3 Å². The minimum absolute atomic E-state index is 0.00481. The maximum absolute atomic E-state index is 12.9. The van der Waals surface area contributed by atoms with Gasteiger partial charge < -0.3 is 5.32 Å². The topological polar surface area (TPSA) is 75.3 Å². The van der Waals surface area contributed by atoms with Gasteiger partial charge in [0.05, 0.1) is 4.90 Å². The molecule has 29 heavy (non-hydrogen) atoms. The van der Waals surface area contributed by atoms with Crippen LogP contribution in [0.3, 0.4) is 0 Å². The van der Waals surface area contributed by atoms with Gasteiger partial charge in [-0.1, -0.05) is 30.3 Å². The molecule has 0 saturated heterocycles. The number of anilines is 1. The van der Waals surface area contributed by atoms with E-state index in [2.05, 4.69) is 10.0 Å². The maximum Gasteiger partial charge on any atom is 0.261 e. The highest BCUT2D eigenvalue weighted by atomic mass is 32.2. The fourth-order valence-electron chi connectivity index (χ4n) is 2.80. The molecule has 1 amide bonds. The SMILES string of the molecule is Cc1cccc(NS(=O)(=O)c2cccc(C(=O)NCCc3ccc(F)cc3)c2)c1. The second-order valence-electron chi connectivity index (χ2n) is 6.64. The van der Waals surface area contributed by atoms with Gasteiger partial charge in [0.1, 0.15) is 5.82 Å². The lowest BCUT2D eigenvalue weighted by Crippen LogP contribution is -2.26. The third kappa shape index (κ3) is 5.65. The molecule has 0 atom stereocenters. The summed E-state index contributed by atoms with van der Waals surface area (Å²) in [5, 5.41) is 2.75. The molecule has 0 heterocycles. The molecular formula is C22H21FN2O3S. The average molecular weight is 412 g/mol. The standard InChI is InChI=1S/C22H21FN2O3S/c1-16-4-2-6-20(14-16)25-29(27,28)21-7-3-5-18(15-21)22(26)24-13-12-17-8-10-19(23)11-9-17/h2-11,14-15,25H,12-13H2,1H3,(H,24,26). The number of hydrogen-bond acceptors (Lipinski definition) is 3. The summed E-state index contributed by atoms with van der Waals surface area (Å²) in [7, 11) is -3.82. The minimum atomic E-state index is -3.82.